The molecule has 0 bridgehead atoms. The molecule has 0 atom stereocenters. The molecule has 6 nitrogen and oxygen atoms in total. The zero-order valence-corrected chi connectivity index (χ0v) is 10.8. The van der Waals surface area contributed by atoms with Crippen molar-refractivity contribution in [1.82, 2.24) is 21.1 Å². The first-order chi connectivity index (χ1) is 9.63. The second-order valence-corrected chi connectivity index (χ2v) is 4.38. The van der Waals surface area contributed by atoms with Gasteiger partial charge in [0.1, 0.15) is 11.5 Å². The van der Waals surface area contributed by atoms with E-state index in [4.69, 9.17) is 5.73 Å². The predicted octanol–water partition coefficient (Wildman–Crippen LogP) is 1.09. The molecule has 0 saturated heterocycles. The molecule has 1 aromatic carbocycles. The van der Waals surface area contributed by atoms with Crippen LogP contribution in [-0.2, 0) is 0 Å². The summed E-state index contributed by atoms with van der Waals surface area (Å²) in [6.07, 6.45) is 1.60. The number of hydrogen-bond acceptors (Lipinski definition) is 6. The third-order valence-corrected chi connectivity index (χ3v) is 2.90. The van der Waals surface area contributed by atoms with Gasteiger partial charge in [-0.1, -0.05) is 6.07 Å². The van der Waals surface area contributed by atoms with E-state index < -0.39 is 0 Å². The molecule has 2 heterocycles. The van der Waals surface area contributed by atoms with E-state index in [-0.39, 0.29) is 5.82 Å². The van der Waals surface area contributed by atoms with Crippen LogP contribution in [0.5, 0.6) is 0 Å². The minimum Gasteiger partial charge on any atom is -0.399 e. The summed E-state index contributed by atoms with van der Waals surface area (Å²) in [4.78, 5) is 4.28. The first kappa shape index (κ1) is 12.4. The van der Waals surface area contributed by atoms with Crippen LogP contribution >= 0.6 is 0 Å². The summed E-state index contributed by atoms with van der Waals surface area (Å²) in [5, 5.41) is 5.70. The van der Waals surface area contributed by atoms with Gasteiger partial charge in [-0.15, -0.1) is 10.6 Å². The summed E-state index contributed by atoms with van der Waals surface area (Å²) in [6.45, 7) is 0. The molecule has 3 rings (SSSR count). The molecule has 20 heavy (non-hydrogen) atoms. The zero-order valence-electron chi connectivity index (χ0n) is 10.8. The third kappa shape index (κ3) is 2.26. The molecule has 1 aromatic heterocycles. The number of amidine groups is 1. The van der Waals surface area contributed by atoms with E-state index in [1.54, 1.807) is 37.5 Å². The van der Waals surface area contributed by atoms with Crippen molar-refractivity contribution in [3.05, 3.63) is 48.0 Å². The number of aromatic nitrogens is 1. The minimum absolute atomic E-state index is 0.364. The maximum Gasteiger partial charge on any atom is 0.189 e. The van der Waals surface area contributed by atoms with Crippen molar-refractivity contribution in [2.45, 2.75) is 0 Å². The lowest BCUT2D eigenvalue weighted by molar-refractivity contribution is 0.259. The Balaban J connectivity index is 1.91. The summed E-state index contributed by atoms with van der Waals surface area (Å²) in [5.74, 6) is 0.245. The fraction of sp³-hybridized carbons (Fsp3) is 0.0769. The smallest absolute Gasteiger partial charge is 0.189 e. The Morgan fingerprint density at radius 2 is 2.10 bits per heavy atom. The SMILES string of the molecule is CN1N=C(c2ccc(-c3ccc(N)cc3F)cn2)NN1. The Bertz CT molecular complexity index is 667. The number of pyridine rings is 1. The molecule has 0 aliphatic carbocycles. The van der Waals surface area contributed by atoms with Crippen molar-refractivity contribution in [2.24, 2.45) is 5.10 Å². The first-order valence-electron chi connectivity index (χ1n) is 5.99. The van der Waals surface area contributed by atoms with Crippen LogP contribution in [0.2, 0.25) is 0 Å². The maximum atomic E-state index is 13.8. The molecule has 0 fully saturated rings. The highest BCUT2D eigenvalue weighted by molar-refractivity contribution is 5.97. The number of halogens is 1. The van der Waals surface area contributed by atoms with Gasteiger partial charge in [-0.25, -0.2) is 9.51 Å². The van der Waals surface area contributed by atoms with E-state index in [0.29, 0.717) is 28.3 Å². The van der Waals surface area contributed by atoms with Gasteiger partial charge in [0.05, 0.1) is 0 Å². The maximum absolute atomic E-state index is 13.8. The molecule has 102 valence electrons. The Kier molecular flexibility index (Phi) is 2.96. The van der Waals surface area contributed by atoms with Crippen molar-refractivity contribution >= 4 is 11.5 Å². The molecule has 7 heteroatoms. The molecule has 0 spiro atoms. The Labute approximate surface area is 115 Å². The summed E-state index contributed by atoms with van der Waals surface area (Å²) in [5.41, 5.74) is 13.4. The van der Waals surface area contributed by atoms with Crippen LogP contribution in [0, 0.1) is 5.82 Å². The molecule has 0 radical (unpaired) electrons. The topological polar surface area (TPSA) is 78.6 Å². The number of nitrogens with two attached hydrogens (primary N) is 1. The molecule has 2 aromatic rings. The number of hydrogen-bond donors (Lipinski definition) is 3. The van der Waals surface area contributed by atoms with Crippen LogP contribution in [0.1, 0.15) is 5.69 Å². The first-order valence-corrected chi connectivity index (χ1v) is 5.99. The number of rotatable bonds is 2. The predicted molar refractivity (Wildman–Crippen MR) is 74.6 cm³/mol. The molecule has 1 aliphatic rings. The van der Waals surface area contributed by atoms with Gasteiger partial charge in [0.25, 0.3) is 0 Å². The van der Waals surface area contributed by atoms with E-state index in [9.17, 15) is 4.39 Å². The summed E-state index contributed by atoms with van der Waals surface area (Å²) in [7, 11) is 1.76. The van der Waals surface area contributed by atoms with Crippen LogP contribution in [0.25, 0.3) is 11.1 Å². The van der Waals surface area contributed by atoms with Crippen molar-refractivity contribution in [1.29, 1.82) is 0 Å². The van der Waals surface area contributed by atoms with E-state index in [0.717, 1.165) is 0 Å². The Hall–Kier alpha value is -2.67. The van der Waals surface area contributed by atoms with Gasteiger partial charge in [0.15, 0.2) is 5.84 Å². The lowest BCUT2D eigenvalue weighted by Crippen LogP contribution is -2.36. The Morgan fingerprint density at radius 1 is 1.25 bits per heavy atom. The highest BCUT2D eigenvalue weighted by Crippen LogP contribution is 2.23. The van der Waals surface area contributed by atoms with Gasteiger partial charge in [0, 0.05) is 30.1 Å². The van der Waals surface area contributed by atoms with Crippen molar-refractivity contribution in [3.8, 4) is 11.1 Å². The average molecular weight is 272 g/mol. The number of nitrogens with one attached hydrogen (secondary N) is 2. The largest absolute Gasteiger partial charge is 0.399 e. The molecular weight excluding hydrogens is 259 g/mol. The minimum atomic E-state index is -0.364. The monoisotopic (exact) mass is 272 g/mol. The highest BCUT2D eigenvalue weighted by Gasteiger charge is 2.13. The van der Waals surface area contributed by atoms with Crippen molar-refractivity contribution in [3.63, 3.8) is 0 Å². The normalized spacial score (nSPS) is 14.1. The van der Waals surface area contributed by atoms with Crippen molar-refractivity contribution in [2.75, 3.05) is 12.8 Å². The lowest BCUT2D eigenvalue weighted by Gasteiger charge is -2.05. The van der Waals surface area contributed by atoms with Crippen LogP contribution < -0.4 is 16.7 Å². The standard InChI is InChI=1S/C13H13FN6/c1-20-18-13(17-19-20)12-5-2-8(7-16-12)10-4-3-9(15)6-11(10)14/h2-7,19H,15H2,1H3,(H,17,18). The number of nitrogen functional groups attached to an aromatic ring is 1. The van der Waals surface area contributed by atoms with E-state index in [1.165, 1.54) is 11.2 Å². The van der Waals surface area contributed by atoms with Crippen LogP contribution in [0.3, 0.4) is 0 Å². The molecule has 0 saturated carbocycles. The molecule has 0 unspecified atom stereocenters. The third-order valence-electron chi connectivity index (χ3n) is 2.90. The van der Waals surface area contributed by atoms with Gasteiger partial charge in [-0.3, -0.25) is 10.4 Å². The van der Waals surface area contributed by atoms with E-state index >= 15 is 0 Å². The quantitative estimate of drug-likeness (QED) is 0.713. The fourth-order valence-corrected chi connectivity index (χ4v) is 1.91. The van der Waals surface area contributed by atoms with Crippen LogP contribution in [0.15, 0.2) is 41.6 Å². The Morgan fingerprint density at radius 3 is 2.70 bits per heavy atom. The van der Waals surface area contributed by atoms with Gasteiger partial charge < -0.3 is 5.73 Å². The van der Waals surface area contributed by atoms with Gasteiger partial charge in [-0.2, -0.15) is 0 Å². The number of benzene rings is 1. The fourth-order valence-electron chi connectivity index (χ4n) is 1.91. The zero-order chi connectivity index (χ0) is 14.1. The molecule has 4 N–H and O–H groups in total. The summed E-state index contributed by atoms with van der Waals surface area (Å²) >= 11 is 0. The summed E-state index contributed by atoms with van der Waals surface area (Å²) in [6, 6.07) is 8.16. The van der Waals surface area contributed by atoms with Gasteiger partial charge in [0.2, 0.25) is 0 Å². The van der Waals surface area contributed by atoms with Gasteiger partial charge >= 0.3 is 0 Å². The highest BCUT2D eigenvalue weighted by atomic mass is 19.1. The molecule has 1 aliphatic heterocycles. The van der Waals surface area contributed by atoms with Crippen LogP contribution in [0.4, 0.5) is 10.1 Å². The average Bonchev–Trinajstić information content (AvgIpc) is 2.86. The van der Waals surface area contributed by atoms with Crippen molar-refractivity contribution < 1.29 is 4.39 Å². The number of hydrazine groups is 2. The number of hydrazone groups is 1. The second-order valence-electron chi connectivity index (χ2n) is 4.38. The summed E-state index contributed by atoms with van der Waals surface area (Å²) < 4.78 is 13.8. The lowest BCUT2D eigenvalue weighted by atomic mass is 10.1. The second kappa shape index (κ2) is 4.78. The molecular formula is C13H13FN6. The number of nitrogens with zero attached hydrogens (tertiary/aromatic N) is 3. The number of anilines is 1. The van der Waals surface area contributed by atoms with E-state index in [1.807, 2.05) is 0 Å². The van der Waals surface area contributed by atoms with Crippen LogP contribution in [-0.4, -0.2) is 23.0 Å². The van der Waals surface area contributed by atoms with Gasteiger partial charge in [-0.05, 0) is 24.3 Å². The van der Waals surface area contributed by atoms with E-state index in [2.05, 4.69) is 21.0 Å². The molecule has 0 amide bonds.